The van der Waals surface area contributed by atoms with Crippen LogP contribution in [0.1, 0.15) is 38.5 Å². The Morgan fingerprint density at radius 1 is 0.882 bits per heavy atom. The normalized spacial score (nSPS) is 18.9. The van der Waals surface area contributed by atoms with Crippen LogP contribution in [0.5, 0.6) is 0 Å². The van der Waals surface area contributed by atoms with Crippen LogP contribution in [0.4, 0.5) is 0 Å². The summed E-state index contributed by atoms with van der Waals surface area (Å²) in [5, 5.41) is 3.52. The highest BCUT2D eigenvalue weighted by Gasteiger charge is 2.15. The molecular formula is C14H31N3. The molecule has 1 rings (SSSR count). The smallest absolute Gasteiger partial charge is 0.0107 e. The Labute approximate surface area is 108 Å². The number of nitrogens with zero attached hydrogens (tertiary/aromatic N) is 2. The van der Waals surface area contributed by atoms with E-state index in [9.17, 15) is 0 Å². The summed E-state index contributed by atoms with van der Waals surface area (Å²) in [5.74, 6) is 0. The summed E-state index contributed by atoms with van der Waals surface area (Å²) in [4.78, 5) is 4.79. The van der Waals surface area contributed by atoms with Crippen molar-refractivity contribution in [2.45, 2.75) is 44.6 Å². The number of rotatable bonds is 7. The van der Waals surface area contributed by atoms with Gasteiger partial charge in [-0.3, -0.25) is 0 Å². The average molecular weight is 241 g/mol. The van der Waals surface area contributed by atoms with Gasteiger partial charge >= 0.3 is 0 Å². The van der Waals surface area contributed by atoms with Gasteiger partial charge in [0.15, 0.2) is 0 Å². The van der Waals surface area contributed by atoms with Crippen molar-refractivity contribution < 1.29 is 0 Å². The Bertz CT molecular complexity index is 174. The summed E-state index contributed by atoms with van der Waals surface area (Å²) in [6.07, 6.45) is 8.59. The van der Waals surface area contributed by atoms with Crippen molar-refractivity contribution in [1.82, 2.24) is 15.1 Å². The third-order valence-corrected chi connectivity index (χ3v) is 3.83. The van der Waals surface area contributed by atoms with Gasteiger partial charge in [-0.25, -0.2) is 0 Å². The van der Waals surface area contributed by atoms with Crippen molar-refractivity contribution in [2.24, 2.45) is 0 Å². The van der Waals surface area contributed by atoms with Gasteiger partial charge in [-0.05, 0) is 34.0 Å². The summed E-state index contributed by atoms with van der Waals surface area (Å²) in [6.45, 7) is 4.55. The van der Waals surface area contributed by atoms with Crippen LogP contribution in [0, 0.1) is 0 Å². The third kappa shape index (κ3) is 7.02. The average Bonchev–Trinajstić information content (AvgIpc) is 2.56. The Kier molecular flexibility index (Phi) is 7.82. The molecule has 1 aliphatic carbocycles. The van der Waals surface area contributed by atoms with Crippen LogP contribution < -0.4 is 5.32 Å². The second-order valence-corrected chi connectivity index (χ2v) is 5.68. The molecule has 0 saturated heterocycles. The van der Waals surface area contributed by atoms with Crippen molar-refractivity contribution in [3.8, 4) is 0 Å². The summed E-state index contributed by atoms with van der Waals surface area (Å²) >= 11 is 0. The summed E-state index contributed by atoms with van der Waals surface area (Å²) < 4.78 is 0. The second-order valence-electron chi connectivity index (χ2n) is 5.68. The molecule has 1 aliphatic rings. The first-order valence-electron chi connectivity index (χ1n) is 7.26. The minimum absolute atomic E-state index is 0.841. The predicted octanol–water partition coefficient (Wildman–Crippen LogP) is 1.79. The molecule has 0 atom stereocenters. The fraction of sp³-hybridized carbons (Fsp3) is 1.00. The van der Waals surface area contributed by atoms with Crippen molar-refractivity contribution >= 4 is 0 Å². The summed E-state index contributed by atoms with van der Waals surface area (Å²) in [7, 11) is 6.54. The van der Waals surface area contributed by atoms with E-state index in [1.165, 1.54) is 45.1 Å². The van der Waals surface area contributed by atoms with Crippen LogP contribution >= 0.6 is 0 Å². The molecule has 0 aliphatic heterocycles. The molecule has 0 aromatic carbocycles. The molecule has 0 spiro atoms. The maximum Gasteiger partial charge on any atom is 0.0107 e. The van der Waals surface area contributed by atoms with Gasteiger partial charge in [-0.2, -0.15) is 0 Å². The van der Waals surface area contributed by atoms with Crippen LogP contribution in [0.25, 0.3) is 0 Å². The molecule has 0 aromatic heterocycles. The van der Waals surface area contributed by atoms with Crippen LogP contribution in [-0.2, 0) is 0 Å². The standard InChI is InChI=1S/C14H31N3/c1-16(2)12-10-15-11-13-17(3)14-8-6-4-5-7-9-14/h14-15H,4-13H2,1-3H3. The highest BCUT2D eigenvalue weighted by atomic mass is 15.1. The molecular weight excluding hydrogens is 210 g/mol. The Balaban J connectivity index is 2.04. The second kappa shape index (κ2) is 8.90. The van der Waals surface area contributed by atoms with E-state index in [4.69, 9.17) is 0 Å². The van der Waals surface area contributed by atoms with E-state index in [0.29, 0.717) is 0 Å². The van der Waals surface area contributed by atoms with E-state index in [1.54, 1.807) is 0 Å². The number of hydrogen-bond donors (Lipinski definition) is 1. The largest absolute Gasteiger partial charge is 0.314 e. The molecule has 1 N–H and O–H groups in total. The van der Waals surface area contributed by atoms with E-state index in [2.05, 4.69) is 36.3 Å². The van der Waals surface area contributed by atoms with Crippen LogP contribution in [0.3, 0.4) is 0 Å². The molecule has 102 valence electrons. The SMILES string of the molecule is CN(C)CCNCCN(C)C1CCCCCC1. The summed E-state index contributed by atoms with van der Waals surface area (Å²) in [5.41, 5.74) is 0. The van der Waals surface area contributed by atoms with E-state index in [1.807, 2.05) is 0 Å². The molecule has 0 bridgehead atoms. The van der Waals surface area contributed by atoms with Gasteiger partial charge in [0.25, 0.3) is 0 Å². The lowest BCUT2D eigenvalue weighted by atomic mass is 10.1. The molecule has 3 nitrogen and oxygen atoms in total. The van der Waals surface area contributed by atoms with Gasteiger partial charge in [-0.15, -0.1) is 0 Å². The van der Waals surface area contributed by atoms with E-state index in [-0.39, 0.29) is 0 Å². The van der Waals surface area contributed by atoms with Crippen molar-refractivity contribution in [2.75, 3.05) is 47.3 Å². The van der Waals surface area contributed by atoms with Gasteiger partial charge < -0.3 is 15.1 Å². The van der Waals surface area contributed by atoms with Gasteiger partial charge in [0, 0.05) is 32.2 Å². The molecule has 3 heteroatoms. The van der Waals surface area contributed by atoms with E-state index in [0.717, 1.165) is 25.7 Å². The predicted molar refractivity (Wildman–Crippen MR) is 75.5 cm³/mol. The zero-order valence-corrected chi connectivity index (χ0v) is 12.0. The van der Waals surface area contributed by atoms with Crippen LogP contribution in [0.2, 0.25) is 0 Å². The lowest BCUT2D eigenvalue weighted by Crippen LogP contribution is -2.38. The van der Waals surface area contributed by atoms with Gasteiger partial charge in [0.05, 0.1) is 0 Å². The molecule has 1 saturated carbocycles. The van der Waals surface area contributed by atoms with E-state index >= 15 is 0 Å². The Hall–Kier alpha value is -0.120. The molecule has 1 fully saturated rings. The number of nitrogens with one attached hydrogen (secondary N) is 1. The lowest BCUT2D eigenvalue weighted by Gasteiger charge is -2.27. The first-order chi connectivity index (χ1) is 8.20. The molecule has 0 aromatic rings. The van der Waals surface area contributed by atoms with Gasteiger partial charge in [-0.1, -0.05) is 25.7 Å². The van der Waals surface area contributed by atoms with Crippen molar-refractivity contribution in [1.29, 1.82) is 0 Å². The topological polar surface area (TPSA) is 18.5 Å². The van der Waals surface area contributed by atoms with Crippen molar-refractivity contribution in [3.05, 3.63) is 0 Å². The third-order valence-electron chi connectivity index (χ3n) is 3.83. The number of hydrogen-bond acceptors (Lipinski definition) is 3. The molecule has 0 unspecified atom stereocenters. The first kappa shape index (κ1) is 14.9. The van der Waals surface area contributed by atoms with Crippen LogP contribution in [0.15, 0.2) is 0 Å². The van der Waals surface area contributed by atoms with Gasteiger partial charge in [0.1, 0.15) is 0 Å². The maximum atomic E-state index is 3.52. The lowest BCUT2D eigenvalue weighted by molar-refractivity contribution is 0.220. The fourth-order valence-electron chi connectivity index (χ4n) is 2.56. The highest BCUT2D eigenvalue weighted by molar-refractivity contribution is 4.72. The number of likely N-dealkylation sites (N-methyl/N-ethyl adjacent to an activating group) is 2. The van der Waals surface area contributed by atoms with Crippen LogP contribution in [-0.4, -0.2) is 63.2 Å². The summed E-state index contributed by atoms with van der Waals surface area (Å²) in [6, 6.07) is 0.841. The highest BCUT2D eigenvalue weighted by Crippen LogP contribution is 2.20. The minimum Gasteiger partial charge on any atom is -0.314 e. The van der Waals surface area contributed by atoms with E-state index < -0.39 is 0 Å². The zero-order chi connectivity index (χ0) is 12.5. The first-order valence-corrected chi connectivity index (χ1v) is 7.26. The minimum atomic E-state index is 0.841. The molecule has 0 heterocycles. The quantitative estimate of drug-likeness (QED) is 0.541. The maximum absolute atomic E-state index is 3.52. The monoisotopic (exact) mass is 241 g/mol. The molecule has 0 radical (unpaired) electrons. The molecule has 0 amide bonds. The Morgan fingerprint density at radius 2 is 1.47 bits per heavy atom. The zero-order valence-electron chi connectivity index (χ0n) is 12.0. The fourth-order valence-corrected chi connectivity index (χ4v) is 2.56. The molecule has 17 heavy (non-hydrogen) atoms. The van der Waals surface area contributed by atoms with Crippen molar-refractivity contribution in [3.63, 3.8) is 0 Å². The Morgan fingerprint density at radius 3 is 2.06 bits per heavy atom. The van der Waals surface area contributed by atoms with Gasteiger partial charge in [0.2, 0.25) is 0 Å².